The first kappa shape index (κ1) is 9.88. The summed E-state index contributed by atoms with van der Waals surface area (Å²) in [5.41, 5.74) is 0.598. The molecule has 7 nitrogen and oxygen atoms in total. The van der Waals surface area contributed by atoms with E-state index in [4.69, 9.17) is 4.52 Å². The van der Waals surface area contributed by atoms with Gasteiger partial charge in [-0.15, -0.1) is 0 Å². The molecule has 0 saturated heterocycles. The van der Waals surface area contributed by atoms with Crippen LogP contribution in [0.25, 0.3) is 11.5 Å². The molecular formula is C10H8N4O3. The molecule has 1 saturated carbocycles. The van der Waals surface area contributed by atoms with Gasteiger partial charge in [-0.05, 0) is 12.1 Å². The Balaban J connectivity index is 1.83. The number of rotatable bonds is 3. The normalized spacial score (nSPS) is 22.4. The molecule has 0 radical (unpaired) electrons. The zero-order valence-corrected chi connectivity index (χ0v) is 8.68. The van der Waals surface area contributed by atoms with Gasteiger partial charge in [-0.3, -0.25) is 15.1 Å². The first-order valence-corrected chi connectivity index (χ1v) is 5.14. The number of pyridine rings is 1. The molecule has 3 rings (SSSR count). The van der Waals surface area contributed by atoms with Gasteiger partial charge >= 0.3 is 0 Å². The van der Waals surface area contributed by atoms with E-state index in [-0.39, 0.29) is 10.8 Å². The molecule has 0 bridgehead atoms. The van der Waals surface area contributed by atoms with Gasteiger partial charge in [0.1, 0.15) is 11.6 Å². The zero-order chi connectivity index (χ0) is 11.8. The smallest absolute Gasteiger partial charge is 0.237 e. The summed E-state index contributed by atoms with van der Waals surface area (Å²) in [6, 6.07) is 4.78. The first-order valence-electron chi connectivity index (χ1n) is 5.14. The minimum Gasteiger partial charge on any atom is -0.338 e. The molecular weight excluding hydrogens is 224 g/mol. The van der Waals surface area contributed by atoms with E-state index in [0.717, 1.165) is 0 Å². The fraction of sp³-hybridized carbons (Fsp3) is 0.300. The van der Waals surface area contributed by atoms with Gasteiger partial charge in [0, 0.05) is 17.5 Å². The van der Waals surface area contributed by atoms with Crippen LogP contribution in [0.1, 0.15) is 18.2 Å². The lowest BCUT2D eigenvalue weighted by Gasteiger charge is -1.89. The van der Waals surface area contributed by atoms with Crippen molar-refractivity contribution in [3.8, 4) is 11.5 Å². The predicted molar refractivity (Wildman–Crippen MR) is 55.7 cm³/mol. The Hall–Kier alpha value is -2.31. The van der Waals surface area contributed by atoms with Crippen molar-refractivity contribution in [3.63, 3.8) is 0 Å². The molecule has 86 valence electrons. The summed E-state index contributed by atoms with van der Waals surface area (Å²) in [5, 5.41) is 14.3. The molecule has 7 heteroatoms. The standard InChI is InChI=1S/C10H8N4O3/c15-14(16)8-5-6(8)10-12-9(13-17-10)7-3-1-2-4-11-7/h1-4,6,8H,5H2/t6-,8+/m1/s1. The molecule has 2 heterocycles. The van der Waals surface area contributed by atoms with Gasteiger partial charge in [0.05, 0.1) is 0 Å². The molecule has 1 aliphatic carbocycles. The highest BCUT2D eigenvalue weighted by Gasteiger charge is 2.53. The van der Waals surface area contributed by atoms with Crippen molar-refractivity contribution in [1.29, 1.82) is 0 Å². The van der Waals surface area contributed by atoms with Crippen LogP contribution in [0, 0.1) is 10.1 Å². The molecule has 0 amide bonds. The summed E-state index contributed by atoms with van der Waals surface area (Å²) in [5.74, 6) is 0.455. The maximum Gasteiger partial charge on any atom is 0.237 e. The Morgan fingerprint density at radius 3 is 3.00 bits per heavy atom. The van der Waals surface area contributed by atoms with E-state index in [9.17, 15) is 10.1 Å². The molecule has 2 aromatic rings. The van der Waals surface area contributed by atoms with Crippen LogP contribution in [0.15, 0.2) is 28.9 Å². The van der Waals surface area contributed by atoms with Gasteiger partial charge in [0.2, 0.25) is 17.8 Å². The lowest BCUT2D eigenvalue weighted by Crippen LogP contribution is -2.02. The molecule has 0 aromatic carbocycles. The summed E-state index contributed by atoms with van der Waals surface area (Å²) >= 11 is 0. The Bertz CT molecular complexity index is 554. The van der Waals surface area contributed by atoms with Gasteiger partial charge in [0.15, 0.2) is 0 Å². The van der Waals surface area contributed by atoms with Crippen LogP contribution in [0.5, 0.6) is 0 Å². The largest absolute Gasteiger partial charge is 0.338 e. The van der Waals surface area contributed by atoms with Crippen molar-refractivity contribution >= 4 is 0 Å². The van der Waals surface area contributed by atoms with Crippen molar-refractivity contribution in [2.24, 2.45) is 0 Å². The highest BCUT2D eigenvalue weighted by atomic mass is 16.6. The van der Waals surface area contributed by atoms with E-state index < -0.39 is 6.04 Å². The Labute approximate surface area is 95.6 Å². The summed E-state index contributed by atoms with van der Waals surface area (Å²) in [6.45, 7) is 0. The molecule has 0 unspecified atom stereocenters. The van der Waals surface area contributed by atoms with Gasteiger partial charge in [-0.25, -0.2) is 0 Å². The van der Waals surface area contributed by atoms with Crippen LogP contribution in [0.3, 0.4) is 0 Å². The summed E-state index contributed by atoms with van der Waals surface area (Å²) < 4.78 is 5.02. The third-order valence-corrected chi connectivity index (χ3v) is 2.68. The average Bonchev–Trinajstić information content (AvgIpc) is 3.01. The van der Waals surface area contributed by atoms with Crippen molar-refractivity contribution < 1.29 is 9.45 Å². The van der Waals surface area contributed by atoms with Crippen LogP contribution >= 0.6 is 0 Å². The van der Waals surface area contributed by atoms with Crippen LogP contribution in [-0.2, 0) is 0 Å². The number of nitrogens with zero attached hydrogens (tertiary/aromatic N) is 4. The Kier molecular flexibility index (Phi) is 2.10. The monoisotopic (exact) mass is 232 g/mol. The third kappa shape index (κ3) is 1.75. The molecule has 1 aliphatic rings. The minimum atomic E-state index is -0.577. The summed E-state index contributed by atoms with van der Waals surface area (Å²) in [6.07, 6.45) is 2.10. The van der Waals surface area contributed by atoms with Gasteiger partial charge in [-0.2, -0.15) is 4.98 Å². The molecule has 1 fully saturated rings. The third-order valence-electron chi connectivity index (χ3n) is 2.68. The van der Waals surface area contributed by atoms with E-state index >= 15 is 0 Å². The highest BCUT2D eigenvalue weighted by Crippen LogP contribution is 2.42. The number of hydrogen-bond donors (Lipinski definition) is 0. The maximum atomic E-state index is 10.5. The second kappa shape index (κ2) is 3.62. The minimum absolute atomic E-state index is 0.241. The van der Waals surface area contributed by atoms with Crippen molar-refractivity contribution in [2.75, 3.05) is 0 Å². The van der Waals surface area contributed by atoms with Crippen molar-refractivity contribution in [2.45, 2.75) is 18.4 Å². The van der Waals surface area contributed by atoms with E-state index in [2.05, 4.69) is 15.1 Å². The molecule has 17 heavy (non-hydrogen) atoms. The van der Waals surface area contributed by atoms with Gasteiger partial charge in [-0.1, -0.05) is 11.2 Å². The van der Waals surface area contributed by atoms with E-state index in [0.29, 0.717) is 23.8 Å². The van der Waals surface area contributed by atoms with Crippen LogP contribution in [-0.4, -0.2) is 26.1 Å². The molecule has 2 atom stereocenters. The SMILES string of the molecule is O=[N+]([O-])[C@H]1C[C@H]1c1nc(-c2ccccn2)no1. The molecule has 2 aromatic heterocycles. The fourth-order valence-electron chi connectivity index (χ4n) is 1.66. The fourth-order valence-corrected chi connectivity index (χ4v) is 1.66. The van der Waals surface area contributed by atoms with E-state index in [1.54, 1.807) is 18.3 Å². The average molecular weight is 232 g/mol. The van der Waals surface area contributed by atoms with Crippen molar-refractivity contribution in [1.82, 2.24) is 15.1 Å². The van der Waals surface area contributed by atoms with Crippen LogP contribution in [0.4, 0.5) is 0 Å². The zero-order valence-electron chi connectivity index (χ0n) is 8.68. The highest BCUT2D eigenvalue weighted by molar-refractivity contribution is 5.47. The number of aromatic nitrogens is 3. The van der Waals surface area contributed by atoms with Crippen molar-refractivity contribution in [3.05, 3.63) is 40.4 Å². The quantitative estimate of drug-likeness (QED) is 0.584. The maximum absolute atomic E-state index is 10.5. The van der Waals surface area contributed by atoms with E-state index in [1.807, 2.05) is 6.07 Å². The predicted octanol–water partition coefficient (Wildman–Crippen LogP) is 1.26. The molecule has 0 spiro atoms. The second-order valence-corrected chi connectivity index (χ2v) is 3.87. The van der Waals surface area contributed by atoms with E-state index in [1.165, 1.54) is 0 Å². The van der Waals surface area contributed by atoms with Gasteiger partial charge in [0.25, 0.3) is 0 Å². The van der Waals surface area contributed by atoms with Gasteiger partial charge < -0.3 is 4.52 Å². The lowest BCUT2D eigenvalue weighted by molar-refractivity contribution is -0.496. The Morgan fingerprint density at radius 1 is 1.47 bits per heavy atom. The molecule has 0 aliphatic heterocycles. The number of nitro groups is 1. The van der Waals surface area contributed by atoms with Crippen LogP contribution < -0.4 is 0 Å². The number of hydrogen-bond acceptors (Lipinski definition) is 6. The lowest BCUT2D eigenvalue weighted by atomic mass is 10.3. The second-order valence-electron chi connectivity index (χ2n) is 3.87. The topological polar surface area (TPSA) is 95.0 Å². The first-order chi connectivity index (χ1) is 8.25. The Morgan fingerprint density at radius 2 is 2.35 bits per heavy atom. The summed E-state index contributed by atoms with van der Waals surface area (Å²) in [4.78, 5) is 18.4. The van der Waals surface area contributed by atoms with Crippen LogP contribution in [0.2, 0.25) is 0 Å². The molecule has 0 N–H and O–H groups in total. The summed E-state index contributed by atoms with van der Waals surface area (Å²) in [7, 11) is 0.